The third kappa shape index (κ3) is 8.43. The van der Waals surface area contributed by atoms with Crippen molar-refractivity contribution >= 4 is 11.5 Å². The molecule has 0 amide bonds. The van der Waals surface area contributed by atoms with E-state index < -0.39 is 0 Å². The van der Waals surface area contributed by atoms with Crippen LogP contribution in [0.2, 0.25) is 0 Å². The Labute approximate surface area is 117 Å². The van der Waals surface area contributed by atoms with Crippen LogP contribution in [0, 0.1) is 0 Å². The topological polar surface area (TPSA) is 63.0 Å². The number of nitrogen functional groups attached to an aromatic ring is 1. The number of nitrogens with one attached hydrogen (secondary N) is 2. The fraction of sp³-hybridized carbons (Fsp3) is 0.667. The lowest BCUT2D eigenvalue weighted by molar-refractivity contribution is 0.520. The van der Waals surface area contributed by atoms with Gasteiger partial charge in [-0.25, -0.2) is 4.98 Å². The van der Waals surface area contributed by atoms with Crippen LogP contribution >= 0.6 is 0 Å². The first-order valence-corrected chi connectivity index (χ1v) is 7.49. The number of hydrogen-bond acceptors (Lipinski definition) is 4. The highest BCUT2D eigenvalue weighted by Crippen LogP contribution is 2.06. The standard InChI is InChI=1S/C10H17N3.C5H11N/c1-2-3-4-7-12-10-6-5-9(11)8-13-10;1-2-4-6-5-3-1/h5-6,8H,2-4,7,11H2,1H3,(H,12,13);6H,1-5H2. The molecule has 19 heavy (non-hydrogen) atoms. The maximum absolute atomic E-state index is 5.51. The minimum absolute atomic E-state index is 0.708. The van der Waals surface area contributed by atoms with Gasteiger partial charge >= 0.3 is 0 Å². The molecule has 0 aromatic carbocycles. The zero-order valence-electron chi connectivity index (χ0n) is 12.1. The summed E-state index contributed by atoms with van der Waals surface area (Å²) in [4.78, 5) is 4.14. The van der Waals surface area contributed by atoms with Crippen LogP contribution in [0.1, 0.15) is 45.4 Å². The fourth-order valence-corrected chi connectivity index (χ4v) is 1.90. The van der Waals surface area contributed by atoms with E-state index in [1.54, 1.807) is 6.20 Å². The van der Waals surface area contributed by atoms with Gasteiger partial charge in [0.2, 0.25) is 0 Å². The van der Waals surface area contributed by atoms with E-state index in [-0.39, 0.29) is 0 Å². The molecule has 0 unspecified atom stereocenters. The maximum Gasteiger partial charge on any atom is 0.126 e. The minimum Gasteiger partial charge on any atom is -0.397 e. The highest BCUT2D eigenvalue weighted by Gasteiger charge is 1.93. The van der Waals surface area contributed by atoms with Crippen molar-refractivity contribution in [3.63, 3.8) is 0 Å². The number of pyridine rings is 1. The summed E-state index contributed by atoms with van der Waals surface area (Å²) in [5.41, 5.74) is 6.22. The largest absolute Gasteiger partial charge is 0.397 e. The van der Waals surface area contributed by atoms with Gasteiger partial charge in [-0.1, -0.05) is 26.2 Å². The molecule has 0 saturated carbocycles. The number of aromatic nitrogens is 1. The first-order valence-electron chi connectivity index (χ1n) is 7.49. The fourth-order valence-electron chi connectivity index (χ4n) is 1.90. The summed E-state index contributed by atoms with van der Waals surface area (Å²) in [6.07, 6.45) is 9.59. The molecule has 1 fully saturated rings. The summed E-state index contributed by atoms with van der Waals surface area (Å²) < 4.78 is 0. The van der Waals surface area contributed by atoms with E-state index in [0.717, 1.165) is 12.4 Å². The van der Waals surface area contributed by atoms with Crippen molar-refractivity contribution in [3.05, 3.63) is 18.3 Å². The molecule has 1 aromatic heterocycles. The second kappa shape index (κ2) is 10.6. The number of rotatable bonds is 5. The Bertz CT molecular complexity index is 295. The molecular formula is C15H28N4. The van der Waals surface area contributed by atoms with Gasteiger partial charge in [0.15, 0.2) is 0 Å². The summed E-state index contributed by atoms with van der Waals surface area (Å²) in [5, 5.41) is 6.52. The maximum atomic E-state index is 5.51. The lowest BCUT2D eigenvalue weighted by Gasteiger charge is -2.08. The minimum atomic E-state index is 0.708. The average molecular weight is 264 g/mol. The van der Waals surface area contributed by atoms with Crippen molar-refractivity contribution in [2.24, 2.45) is 0 Å². The van der Waals surface area contributed by atoms with Gasteiger partial charge in [0.25, 0.3) is 0 Å². The lowest BCUT2D eigenvalue weighted by Crippen LogP contribution is -2.21. The smallest absolute Gasteiger partial charge is 0.126 e. The van der Waals surface area contributed by atoms with Crippen LogP contribution in [0.3, 0.4) is 0 Å². The van der Waals surface area contributed by atoms with E-state index in [4.69, 9.17) is 5.73 Å². The van der Waals surface area contributed by atoms with Crippen LogP contribution < -0.4 is 16.4 Å². The molecular weight excluding hydrogens is 236 g/mol. The molecule has 1 aliphatic rings. The second-order valence-corrected chi connectivity index (χ2v) is 4.92. The Kier molecular flexibility index (Phi) is 8.81. The van der Waals surface area contributed by atoms with E-state index in [2.05, 4.69) is 22.5 Å². The summed E-state index contributed by atoms with van der Waals surface area (Å²) in [5.74, 6) is 0.908. The number of anilines is 2. The van der Waals surface area contributed by atoms with Crippen molar-refractivity contribution in [2.75, 3.05) is 30.7 Å². The normalized spacial score (nSPS) is 14.4. The van der Waals surface area contributed by atoms with E-state index in [1.165, 1.54) is 51.6 Å². The van der Waals surface area contributed by atoms with Crippen molar-refractivity contribution in [1.29, 1.82) is 0 Å². The molecule has 0 spiro atoms. The van der Waals surface area contributed by atoms with E-state index >= 15 is 0 Å². The van der Waals surface area contributed by atoms with Crippen LogP contribution in [0.4, 0.5) is 11.5 Å². The van der Waals surface area contributed by atoms with Crippen LogP contribution in [-0.2, 0) is 0 Å². The van der Waals surface area contributed by atoms with Crippen LogP contribution in [0.5, 0.6) is 0 Å². The summed E-state index contributed by atoms with van der Waals surface area (Å²) >= 11 is 0. The van der Waals surface area contributed by atoms with E-state index in [0.29, 0.717) is 5.69 Å². The molecule has 0 bridgehead atoms. The van der Waals surface area contributed by atoms with Gasteiger partial charge in [-0.3, -0.25) is 0 Å². The Balaban J connectivity index is 0.000000250. The molecule has 4 N–H and O–H groups in total. The molecule has 4 nitrogen and oxygen atoms in total. The quantitative estimate of drug-likeness (QED) is 0.715. The molecule has 1 saturated heterocycles. The van der Waals surface area contributed by atoms with Crippen LogP contribution in [0.25, 0.3) is 0 Å². The zero-order valence-corrected chi connectivity index (χ0v) is 12.1. The third-order valence-corrected chi connectivity index (χ3v) is 3.08. The number of unbranched alkanes of at least 4 members (excludes halogenated alkanes) is 2. The number of nitrogens with zero attached hydrogens (tertiary/aromatic N) is 1. The van der Waals surface area contributed by atoms with Crippen molar-refractivity contribution in [3.8, 4) is 0 Å². The van der Waals surface area contributed by atoms with Crippen LogP contribution in [0.15, 0.2) is 18.3 Å². The summed E-state index contributed by atoms with van der Waals surface area (Å²) in [6, 6.07) is 3.76. The highest BCUT2D eigenvalue weighted by atomic mass is 15.0. The molecule has 1 aliphatic heterocycles. The second-order valence-electron chi connectivity index (χ2n) is 4.92. The average Bonchev–Trinajstić information content (AvgIpc) is 2.48. The number of hydrogen-bond donors (Lipinski definition) is 3. The van der Waals surface area contributed by atoms with Crippen molar-refractivity contribution < 1.29 is 0 Å². The molecule has 4 heteroatoms. The van der Waals surface area contributed by atoms with Gasteiger partial charge in [0, 0.05) is 6.54 Å². The van der Waals surface area contributed by atoms with Crippen LogP contribution in [-0.4, -0.2) is 24.6 Å². The predicted molar refractivity (Wildman–Crippen MR) is 83.4 cm³/mol. The highest BCUT2D eigenvalue weighted by molar-refractivity contribution is 5.43. The van der Waals surface area contributed by atoms with Gasteiger partial charge in [0.1, 0.15) is 5.82 Å². The van der Waals surface area contributed by atoms with Gasteiger partial charge in [-0.05, 0) is 44.5 Å². The van der Waals surface area contributed by atoms with Gasteiger partial charge in [-0.2, -0.15) is 0 Å². The van der Waals surface area contributed by atoms with Crippen molar-refractivity contribution in [1.82, 2.24) is 10.3 Å². The summed E-state index contributed by atoms with van der Waals surface area (Å²) in [6.45, 7) is 5.69. The Morgan fingerprint density at radius 3 is 2.47 bits per heavy atom. The van der Waals surface area contributed by atoms with Gasteiger partial charge < -0.3 is 16.4 Å². The van der Waals surface area contributed by atoms with Gasteiger partial charge in [-0.15, -0.1) is 0 Å². The molecule has 0 atom stereocenters. The zero-order chi connectivity index (χ0) is 13.8. The molecule has 0 aliphatic carbocycles. The molecule has 0 radical (unpaired) electrons. The first-order chi connectivity index (χ1) is 9.33. The molecule has 2 rings (SSSR count). The van der Waals surface area contributed by atoms with Crippen molar-refractivity contribution in [2.45, 2.75) is 45.4 Å². The van der Waals surface area contributed by atoms with Gasteiger partial charge in [0.05, 0.1) is 11.9 Å². The predicted octanol–water partition coefficient (Wildman–Crippen LogP) is 3.03. The summed E-state index contributed by atoms with van der Waals surface area (Å²) in [7, 11) is 0. The number of nitrogens with two attached hydrogens (primary N) is 1. The lowest BCUT2D eigenvalue weighted by atomic mass is 10.2. The van der Waals surface area contributed by atoms with E-state index in [9.17, 15) is 0 Å². The number of piperidine rings is 1. The third-order valence-electron chi connectivity index (χ3n) is 3.08. The molecule has 108 valence electrons. The molecule has 2 heterocycles. The Morgan fingerprint density at radius 2 is 2.00 bits per heavy atom. The Hall–Kier alpha value is -1.29. The monoisotopic (exact) mass is 264 g/mol. The van der Waals surface area contributed by atoms with E-state index in [1.807, 2.05) is 12.1 Å². The Morgan fingerprint density at radius 1 is 1.21 bits per heavy atom. The first kappa shape index (κ1) is 15.8. The SMILES string of the molecule is C1CCNCC1.CCCCCNc1ccc(N)cn1. The molecule has 1 aromatic rings.